The molecule has 2 fully saturated rings. The molecule has 2 saturated heterocycles. The molecule has 6 heteroatoms. The minimum Gasteiger partial charge on any atom is -0.376 e. The Kier molecular flexibility index (Phi) is 4.22. The minimum absolute atomic E-state index is 0.669. The highest BCUT2D eigenvalue weighted by atomic mass is 16.5. The van der Waals surface area contributed by atoms with Crippen LogP contribution in [0.4, 0.5) is 5.82 Å². The van der Waals surface area contributed by atoms with Gasteiger partial charge in [0.1, 0.15) is 0 Å². The average molecular weight is 317 g/mol. The Balaban J connectivity index is 1.32. The number of fused-ring (bicyclic) bond motifs is 1. The molecule has 4 rings (SSSR count). The zero-order chi connectivity index (χ0) is 15.8. The quantitative estimate of drug-likeness (QED) is 0.820. The molecular formula is C17H27N5O. The van der Waals surface area contributed by atoms with Gasteiger partial charge in [0, 0.05) is 63.3 Å². The van der Waals surface area contributed by atoms with Crippen molar-refractivity contribution in [2.75, 3.05) is 50.8 Å². The number of aromatic nitrogens is 2. The van der Waals surface area contributed by atoms with Crippen LogP contribution in [0, 0.1) is 0 Å². The van der Waals surface area contributed by atoms with Crippen molar-refractivity contribution in [3.05, 3.63) is 17.3 Å². The molecule has 0 atom stereocenters. The van der Waals surface area contributed by atoms with E-state index in [0.29, 0.717) is 18.7 Å². The van der Waals surface area contributed by atoms with Crippen LogP contribution in [0.1, 0.15) is 25.1 Å². The van der Waals surface area contributed by atoms with Crippen molar-refractivity contribution in [2.24, 2.45) is 0 Å². The third-order valence-corrected chi connectivity index (χ3v) is 5.47. The second-order valence-electron chi connectivity index (χ2n) is 7.20. The highest BCUT2D eigenvalue weighted by Crippen LogP contribution is 2.25. The maximum absolute atomic E-state index is 5.53. The Hall–Kier alpha value is -1.24. The lowest BCUT2D eigenvalue weighted by atomic mass is 10.0. The van der Waals surface area contributed by atoms with Crippen LogP contribution in [0.15, 0.2) is 6.07 Å². The normalized spacial score (nSPS) is 23.9. The summed E-state index contributed by atoms with van der Waals surface area (Å²) in [5.41, 5.74) is 2.33. The van der Waals surface area contributed by atoms with Crippen LogP contribution in [0.5, 0.6) is 0 Å². The van der Waals surface area contributed by atoms with Crippen LogP contribution in [0.3, 0.4) is 0 Å². The first-order valence-electron chi connectivity index (χ1n) is 8.87. The van der Waals surface area contributed by atoms with Gasteiger partial charge in [0.25, 0.3) is 0 Å². The molecule has 0 radical (unpaired) electrons. The van der Waals surface area contributed by atoms with Gasteiger partial charge in [-0.05, 0) is 19.9 Å². The molecule has 0 amide bonds. The molecule has 0 saturated carbocycles. The van der Waals surface area contributed by atoms with Crippen LogP contribution in [0.25, 0.3) is 0 Å². The van der Waals surface area contributed by atoms with Gasteiger partial charge in [-0.25, -0.2) is 0 Å². The first kappa shape index (κ1) is 15.3. The molecule has 0 aliphatic carbocycles. The highest BCUT2D eigenvalue weighted by Gasteiger charge is 2.35. The SMILES string of the molecule is CC(C)N1CCN(C2CN(c3cc4c(nn3)CCOC4)C2)CC1. The van der Waals surface area contributed by atoms with E-state index >= 15 is 0 Å². The van der Waals surface area contributed by atoms with Crippen LogP contribution in [0.2, 0.25) is 0 Å². The van der Waals surface area contributed by atoms with Gasteiger partial charge in [-0.1, -0.05) is 0 Å². The molecule has 0 unspecified atom stereocenters. The molecule has 3 aliphatic rings. The molecule has 23 heavy (non-hydrogen) atoms. The Bertz CT molecular complexity index is 550. The number of nitrogens with zero attached hydrogens (tertiary/aromatic N) is 5. The average Bonchev–Trinajstić information content (AvgIpc) is 2.54. The summed E-state index contributed by atoms with van der Waals surface area (Å²) in [6, 6.07) is 3.52. The summed E-state index contributed by atoms with van der Waals surface area (Å²) in [4.78, 5) is 7.56. The first-order valence-corrected chi connectivity index (χ1v) is 8.87. The van der Waals surface area contributed by atoms with E-state index in [1.807, 2.05) is 0 Å². The van der Waals surface area contributed by atoms with Gasteiger partial charge >= 0.3 is 0 Å². The van der Waals surface area contributed by atoms with Crippen LogP contribution >= 0.6 is 0 Å². The lowest BCUT2D eigenvalue weighted by Crippen LogP contribution is -2.63. The van der Waals surface area contributed by atoms with Gasteiger partial charge in [-0.3, -0.25) is 9.80 Å². The summed E-state index contributed by atoms with van der Waals surface area (Å²) in [6.07, 6.45) is 0.894. The minimum atomic E-state index is 0.669. The second kappa shape index (κ2) is 6.34. The fraction of sp³-hybridized carbons (Fsp3) is 0.765. The van der Waals surface area contributed by atoms with Gasteiger partial charge in [0.15, 0.2) is 5.82 Å². The smallest absolute Gasteiger partial charge is 0.151 e. The Labute approximate surface area is 138 Å². The number of anilines is 1. The fourth-order valence-electron chi connectivity index (χ4n) is 3.78. The summed E-state index contributed by atoms with van der Waals surface area (Å²) < 4.78 is 5.53. The summed E-state index contributed by atoms with van der Waals surface area (Å²) in [6.45, 7) is 13.0. The maximum atomic E-state index is 5.53. The number of rotatable bonds is 3. The van der Waals surface area contributed by atoms with E-state index in [9.17, 15) is 0 Å². The van der Waals surface area contributed by atoms with Crippen molar-refractivity contribution in [3.8, 4) is 0 Å². The van der Waals surface area contributed by atoms with Gasteiger partial charge in [-0.15, -0.1) is 5.10 Å². The van der Waals surface area contributed by atoms with Gasteiger partial charge in [0.2, 0.25) is 0 Å². The Morgan fingerprint density at radius 3 is 2.65 bits per heavy atom. The number of hydrogen-bond acceptors (Lipinski definition) is 6. The number of piperazine rings is 1. The predicted octanol–water partition coefficient (Wildman–Crippen LogP) is 0.764. The molecule has 126 valence electrons. The van der Waals surface area contributed by atoms with Crippen molar-refractivity contribution in [2.45, 2.75) is 39.0 Å². The number of ether oxygens (including phenoxy) is 1. The standard InChI is InChI=1S/C17H27N5O/c1-13(2)20-4-6-21(7-5-20)15-10-22(11-15)17-9-14-12-23-8-3-16(14)18-19-17/h9,13,15H,3-8,10-12H2,1-2H3. The van der Waals surface area contributed by atoms with Crippen molar-refractivity contribution in [1.82, 2.24) is 20.0 Å². The van der Waals surface area contributed by atoms with E-state index in [4.69, 9.17) is 4.74 Å². The van der Waals surface area contributed by atoms with E-state index in [0.717, 1.165) is 37.6 Å². The first-order chi connectivity index (χ1) is 11.2. The zero-order valence-corrected chi connectivity index (χ0v) is 14.2. The largest absolute Gasteiger partial charge is 0.376 e. The molecule has 1 aromatic heterocycles. The third-order valence-electron chi connectivity index (χ3n) is 5.47. The van der Waals surface area contributed by atoms with Crippen molar-refractivity contribution < 1.29 is 4.74 Å². The lowest BCUT2D eigenvalue weighted by Gasteiger charge is -2.49. The van der Waals surface area contributed by atoms with E-state index in [1.54, 1.807) is 0 Å². The van der Waals surface area contributed by atoms with E-state index < -0.39 is 0 Å². The zero-order valence-electron chi connectivity index (χ0n) is 14.2. The molecule has 6 nitrogen and oxygen atoms in total. The van der Waals surface area contributed by atoms with Crippen LogP contribution < -0.4 is 4.90 Å². The van der Waals surface area contributed by atoms with Gasteiger partial charge < -0.3 is 9.64 Å². The molecular weight excluding hydrogens is 290 g/mol. The molecule has 0 bridgehead atoms. The van der Waals surface area contributed by atoms with Crippen molar-refractivity contribution in [1.29, 1.82) is 0 Å². The molecule has 3 aliphatic heterocycles. The molecule has 4 heterocycles. The molecule has 0 spiro atoms. The van der Waals surface area contributed by atoms with Gasteiger partial charge in [-0.2, -0.15) is 5.10 Å². The molecule has 1 aromatic rings. The summed E-state index contributed by atoms with van der Waals surface area (Å²) in [5, 5.41) is 8.82. The Morgan fingerprint density at radius 2 is 1.91 bits per heavy atom. The topological polar surface area (TPSA) is 44.7 Å². The molecule has 0 N–H and O–H groups in total. The fourth-order valence-corrected chi connectivity index (χ4v) is 3.78. The lowest BCUT2D eigenvalue weighted by molar-refractivity contribution is 0.0675. The van der Waals surface area contributed by atoms with Crippen LogP contribution in [-0.4, -0.2) is 78.0 Å². The predicted molar refractivity (Wildman–Crippen MR) is 89.7 cm³/mol. The number of hydrogen-bond donors (Lipinski definition) is 0. The monoisotopic (exact) mass is 317 g/mol. The summed E-state index contributed by atoms with van der Waals surface area (Å²) in [7, 11) is 0. The van der Waals surface area contributed by atoms with E-state index in [1.165, 1.54) is 31.7 Å². The van der Waals surface area contributed by atoms with Crippen molar-refractivity contribution >= 4 is 5.82 Å². The third kappa shape index (κ3) is 3.07. The summed E-state index contributed by atoms with van der Waals surface area (Å²) in [5.74, 6) is 1.02. The van der Waals surface area contributed by atoms with Crippen LogP contribution in [-0.2, 0) is 17.8 Å². The van der Waals surface area contributed by atoms with E-state index in [-0.39, 0.29) is 0 Å². The maximum Gasteiger partial charge on any atom is 0.151 e. The second-order valence-corrected chi connectivity index (χ2v) is 7.20. The van der Waals surface area contributed by atoms with Gasteiger partial charge in [0.05, 0.1) is 18.9 Å². The molecule has 0 aromatic carbocycles. The summed E-state index contributed by atoms with van der Waals surface area (Å²) >= 11 is 0. The van der Waals surface area contributed by atoms with Crippen molar-refractivity contribution in [3.63, 3.8) is 0 Å². The van der Waals surface area contributed by atoms with E-state index in [2.05, 4.69) is 44.8 Å². The highest BCUT2D eigenvalue weighted by molar-refractivity contribution is 5.45. The Morgan fingerprint density at radius 1 is 1.13 bits per heavy atom.